The van der Waals surface area contributed by atoms with Gasteiger partial charge in [0, 0.05) is 11.3 Å². The fraction of sp³-hybridized carbons (Fsp3) is 0.929. The molecule has 2 nitrogen and oxygen atoms in total. The van der Waals surface area contributed by atoms with Crippen LogP contribution in [0.3, 0.4) is 0 Å². The maximum absolute atomic E-state index is 4.97. The maximum atomic E-state index is 4.97. The van der Waals surface area contributed by atoms with Crippen LogP contribution in [0.25, 0.3) is 0 Å². The van der Waals surface area contributed by atoms with Crippen molar-refractivity contribution in [2.45, 2.75) is 64.0 Å². The summed E-state index contributed by atoms with van der Waals surface area (Å²) in [5.74, 6) is 3.02. The first-order valence-electron chi connectivity index (χ1n) is 7.14. The summed E-state index contributed by atoms with van der Waals surface area (Å²) in [7, 11) is 0. The van der Waals surface area contributed by atoms with Crippen LogP contribution in [0.2, 0.25) is 0 Å². The summed E-state index contributed by atoms with van der Waals surface area (Å²) in [5.41, 5.74) is 0.257. The minimum atomic E-state index is 0.257. The third kappa shape index (κ3) is 2.64. The van der Waals surface area contributed by atoms with E-state index in [4.69, 9.17) is 4.99 Å². The van der Waals surface area contributed by atoms with Gasteiger partial charge in [-0.15, -0.1) is 0 Å². The van der Waals surface area contributed by atoms with Crippen LogP contribution < -0.4 is 5.32 Å². The quantitative estimate of drug-likeness (QED) is 0.814. The summed E-state index contributed by atoms with van der Waals surface area (Å²) < 4.78 is 0. The van der Waals surface area contributed by atoms with Crippen molar-refractivity contribution in [1.29, 1.82) is 0 Å². The van der Waals surface area contributed by atoms with Crippen molar-refractivity contribution in [3.05, 3.63) is 0 Å². The van der Waals surface area contributed by atoms with Crippen LogP contribution in [0.5, 0.6) is 0 Å². The number of nitrogens with one attached hydrogen (secondary N) is 1. The molecule has 0 bridgehead atoms. The first-order valence-corrected chi connectivity index (χ1v) is 8.12. The highest BCUT2D eigenvalue weighted by Crippen LogP contribution is 2.40. The molecular weight excluding hydrogens is 228 g/mol. The zero-order valence-corrected chi connectivity index (χ0v) is 11.9. The van der Waals surface area contributed by atoms with Crippen molar-refractivity contribution < 1.29 is 0 Å². The van der Waals surface area contributed by atoms with E-state index in [0.29, 0.717) is 6.04 Å². The third-order valence-electron chi connectivity index (χ3n) is 4.61. The molecule has 2 aliphatic carbocycles. The van der Waals surface area contributed by atoms with E-state index in [9.17, 15) is 0 Å². The fourth-order valence-electron chi connectivity index (χ4n) is 3.18. The van der Waals surface area contributed by atoms with Gasteiger partial charge in [0.2, 0.25) is 0 Å². The van der Waals surface area contributed by atoms with Crippen molar-refractivity contribution in [3.63, 3.8) is 0 Å². The van der Waals surface area contributed by atoms with Crippen molar-refractivity contribution in [1.82, 2.24) is 5.32 Å². The molecular formula is C14H24N2S. The Morgan fingerprint density at radius 2 is 1.94 bits per heavy atom. The molecule has 3 aliphatic rings. The van der Waals surface area contributed by atoms with Crippen LogP contribution in [0, 0.1) is 11.8 Å². The molecule has 0 aromatic carbocycles. The van der Waals surface area contributed by atoms with Gasteiger partial charge in [0.05, 0.1) is 6.04 Å². The number of aliphatic imine (C=N–C) groups is 1. The summed E-state index contributed by atoms with van der Waals surface area (Å²) in [6.07, 6.45) is 8.32. The zero-order valence-electron chi connectivity index (χ0n) is 11.0. The number of hydrogen-bond acceptors (Lipinski definition) is 3. The Kier molecular flexibility index (Phi) is 3.14. The van der Waals surface area contributed by atoms with Crippen molar-refractivity contribution in [3.8, 4) is 0 Å². The Labute approximate surface area is 109 Å². The van der Waals surface area contributed by atoms with E-state index in [0.717, 1.165) is 11.8 Å². The summed E-state index contributed by atoms with van der Waals surface area (Å²) in [5, 5.41) is 4.93. The molecule has 1 N–H and O–H groups in total. The summed E-state index contributed by atoms with van der Waals surface area (Å²) in [6.45, 7) is 4.67. The number of thioether (sulfide) groups is 1. The van der Waals surface area contributed by atoms with E-state index in [1.165, 1.54) is 49.4 Å². The smallest absolute Gasteiger partial charge is 0.157 e. The molecule has 0 radical (unpaired) electrons. The lowest BCUT2D eigenvalue weighted by Gasteiger charge is -2.36. The minimum Gasteiger partial charge on any atom is -0.360 e. The fourth-order valence-corrected chi connectivity index (χ4v) is 4.48. The van der Waals surface area contributed by atoms with Crippen molar-refractivity contribution in [2.75, 3.05) is 5.75 Å². The summed E-state index contributed by atoms with van der Waals surface area (Å²) >= 11 is 1.96. The van der Waals surface area contributed by atoms with Crippen molar-refractivity contribution in [2.24, 2.45) is 16.8 Å². The average molecular weight is 252 g/mol. The third-order valence-corrected chi connectivity index (χ3v) is 5.69. The number of amidine groups is 1. The van der Waals surface area contributed by atoms with Crippen LogP contribution in [-0.2, 0) is 0 Å². The first kappa shape index (κ1) is 11.9. The largest absolute Gasteiger partial charge is 0.360 e. The second-order valence-electron chi connectivity index (χ2n) is 6.48. The van der Waals surface area contributed by atoms with Crippen LogP contribution in [0.15, 0.2) is 4.99 Å². The molecule has 1 aliphatic heterocycles. The molecule has 2 atom stereocenters. The highest BCUT2D eigenvalue weighted by atomic mass is 32.2. The van der Waals surface area contributed by atoms with Gasteiger partial charge in [0.25, 0.3) is 0 Å². The van der Waals surface area contributed by atoms with Gasteiger partial charge in [0.1, 0.15) is 0 Å². The molecule has 0 saturated heterocycles. The molecule has 96 valence electrons. The van der Waals surface area contributed by atoms with E-state index >= 15 is 0 Å². The maximum Gasteiger partial charge on any atom is 0.157 e. The van der Waals surface area contributed by atoms with Gasteiger partial charge < -0.3 is 5.32 Å². The minimum absolute atomic E-state index is 0.257. The van der Waals surface area contributed by atoms with Crippen LogP contribution >= 0.6 is 11.8 Å². The highest BCUT2D eigenvalue weighted by molar-refractivity contribution is 8.13. The van der Waals surface area contributed by atoms with Gasteiger partial charge in [-0.25, -0.2) is 0 Å². The van der Waals surface area contributed by atoms with E-state index in [1.54, 1.807) is 0 Å². The molecule has 3 heteroatoms. The Hall–Kier alpha value is -0.180. The summed E-state index contributed by atoms with van der Waals surface area (Å²) in [4.78, 5) is 4.97. The van der Waals surface area contributed by atoms with E-state index in [-0.39, 0.29) is 5.54 Å². The Bertz CT molecular complexity index is 320. The molecule has 0 spiro atoms. The van der Waals surface area contributed by atoms with E-state index in [2.05, 4.69) is 19.2 Å². The lowest BCUT2D eigenvalue weighted by atomic mass is 9.86. The Morgan fingerprint density at radius 3 is 2.71 bits per heavy atom. The van der Waals surface area contributed by atoms with Gasteiger partial charge in [-0.1, -0.05) is 24.6 Å². The van der Waals surface area contributed by atoms with Gasteiger partial charge in [-0.05, 0) is 51.4 Å². The van der Waals surface area contributed by atoms with Crippen LogP contribution in [-0.4, -0.2) is 22.5 Å². The molecule has 17 heavy (non-hydrogen) atoms. The van der Waals surface area contributed by atoms with Gasteiger partial charge in [0.15, 0.2) is 5.17 Å². The van der Waals surface area contributed by atoms with E-state index < -0.39 is 0 Å². The Morgan fingerprint density at radius 1 is 1.18 bits per heavy atom. The van der Waals surface area contributed by atoms with Gasteiger partial charge in [-0.2, -0.15) is 0 Å². The van der Waals surface area contributed by atoms with Crippen molar-refractivity contribution >= 4 is 16.9 Å². The van der Waals surface area contributed by atoms with Gasteiger partial charge >= 0.3 is 0 Å². The first-order chi connectivity index (χ1) is 8.15. The monoisotopic (exact) mass is 252 g/mol. The molecule has 2 saturated carbocycles. The normalized spacial score (nSPS) is 33.9. The van der Waals surface area contributed by atoms with E-state index in [1.807, 2.05) is 11.8 Å². The molecule has 0 aromatic heterocycles. The summed E-state index contributed by atoms with van der Waals surface area (Å²) in [6, 6.07) is 0.627. The number of rotatable bonds is 2. The predicted octanol–water partition coefficient (Wildman–Crippen LogP) is 3.43. The second-order valence-corrected chi connectivity index (χ2v) is 7.49. The van der Waals surface area contributed by atoms with Crippen LogP contribution in [0.1, 0.15) is 52.4 Å². The predicted molar refractivity (Wildman–Crippen MR) is 75.6 cm³/mol. The second kappa shape index (κ2) is 4.49. The van der Waals surface area contributed by atoms with Gasteiger partial charge in [-0.3, -0.25) is 4.99 Å². The zero-order chi connectivity index (χ0) is 11.9. The molecule has 2 fully saturated rings. The average Bonchev–Trinajstić information content (AvgIpc) is 3.12. The highest BCUT2D eigenvalue weighted by Gasteiger charge is 2.39. The molecule has 1 heterocycles. The van der Waals surface area contributed by atoms with Crippen LogP contribution in [0.4, 0.5) is 0 Å². The topological polar surface area (TPSA) is 24.4 Å². The molecule has 3 rings (SSSR count). The lowest BCUT2D eigenvalue weighted by molar-refractivity contribution is 0.332. The number of hydrogen-bond donors (Lipinski definition) is 1. The molecule has 0 amide bonds. The molecule has 2 unspecified atom stereocenters. The SMILES string of the molecule is CC(C)(NC1=NC2CCCCC2CS1)C1CC1. The number of fused-ring (bicyclic) bond motifs is 1. The Balaban J connectivity index is 1.65. The lowest BCUT2D eigenvalue weighted by Crippen LogP contribution is -2.46. The standard InChI is InChI=1S/C14H24N2S/c1-14(2,11-7-8-11)16-13-15-12-6-4-3-5-10(12)9-17-13/h10-12H,3-9H2,1-2H3,(H,15,16). The number of nitrogens with zero attached hydrogens (tertiary/aromatic N) is 1. The molecule has 0 aromatic rings.